The molecule has 0 radical (unpaired) electrons. The van der Waals surface area contributed by atoms with E-state index < -0.39 is 5.97 Å². The van der Waals surface area contributed by atoms with Crippen LogP contribution >= 0.6 is 0 Å². The molecule has 2 N–H and O–H groups in total. The van der Waals surface area contributed by atoms with Gasteiger partial charge < -0.3 is 15.2 Å². The second-order valence-electron chi connectivity index (χ2n) is 4.28. The van der Waals surface area contributed by atoms with Crippen molar-refractivity contribution in [3.63, 3.8) is 0 Å². The molecule has 3 rings (SSSR count). The lowest BCUT2D eigenvalue weighted by molar-refractivity contribution is 0.0693. The molecule has 0 aliphatic carbocycles. The van der Waals surface area contributed by atoms with E-state index in [9.17, 15) is 4.79 Å². The summed E-state index contributed by atoms with van der Waals surface area (Å²) in [6.45, 7) is 0. The van der Waals surface area contributed by atoms with Crippen LogP contribution in [0.3, 0.4) is 0 Å². The molecule has 0 amide bonds. The minimum absolute atomic E-state index is 0.110. The summed E-state index contributed by atoms with van der Waals surface area (Å²) in [6.07, 6.45) is 5.05. The van der Waals surface area contributed by atoms with Crippen LogP contribution in [0, 0.1) is 0 Å². The van der Waals surface area contributed by atoms with Gasteiger partial charge in [0.1, 0.15) is 16.8 Å². The summed E-state index contributed by atoms with van der Waals surface area (Å²) in [5.74, 6) is -0.123. The zero-order valence-corrected chi connectivity index (χ0v) is 11.1. The summed E-state index contributed by atoms with van der Waals surface area (Å²) in [4.78, 5) is 15.3. The van der Waals surface area contributed by atoms with Gasteiger partial charge in [-0.25, -0.2) is 14.3 Å². The average Bonchev–Trinajstić information content (AvgIpc) is 2.96. The minimum atomic E-state index is -1.03. The highest BCUT2D eigenvalue weighted by molar-refractivity contribution is 5.92. The highest BCUT2D eigenvalue weighted by atomic mass is 16.5. The third-order valence-corrected chi connectivity index (χ3v) is 3.02. The van der Waals surface area contributed by atoms with Crippen LogP contribution in [0.25, 0.3) is 5.52 Å². The number of nitrogens with one attached hydrogen (secondary N) is 1. The van der Waals surface area contributed by atoms with E-state index in [1.165, 1.54) is 13.2 Å². The largest absolute Gasteiger partial charge is 0.496 e. The Kier molecular flexibility index (Phi) is 3.15. The van der Waals surface area contributed by atoms with Gasteiger partial charge in [-0.05, 0) is 18.2 Å². The van der Waals surface area contributed by atoms with Crippen molar-refractivity contribution in [2.24, 2.45) is 0 Å². The molecule has 0 aliphatic rings. The van der Waals surface area contributed by atoms with Gasteiger partial charge >= 0.3 is 5.97 Å². The van der Waals surface area contributed by atoms with Crippen molar-refractivity contribution in [2.45, 2.75) is 0 Å². The zero-order valence-electron chi connectivity index (χ0n) is 11.1. The fraction of sp³-hybridized carbons (Fsp3) is 0.0714. The van der Waals surface area contributed by atoms with Crippen molar-refractivity contribution in [2.75, 3.05) is 12.4 Å². The molecule has 0 spiro atoms. The average molecular weight is 284 g/mol. The highest BCUT2D eigenvalue weighted by Gasteiger charge is 2.12. The van der Waals surface area contributed by atoms with Crippen molar-refractivity contribution in [1.29, 1.82) is 0 Å². The fourth-order valence-electron chi connectivity index (χ4n) is 2.04. The molecule has 0 saturated carbocycles. The standard InChI is InChI=1S/C14H12N4O3/c1-21-12-8-9(2-3-10(12)14(19)20)17-13-11-4-5-16-18(11)7-6-15-13/h2-8H,1H3,(H,15,17)(H,19,20). The van der Waals surface area contributed by atoms with Crippen molar-refractivity contribution < 1.29 is 14.6 Å². The lowest BCUT2D eigenvalue weighted by atomic mass is 10.2. The number of nitrogens with zero attached hydrogens (tertiary/aromatic N) is 3. The Balaban J connectivity index is 1.98. The summed E-state index contributed by atoms with van der Waals surface area (Å²) in [5.41, 5.74) is 1.61. The molecule has 0 aliphatic heterocycles. The van der Waals surface area contributed by atoms with Gasteiger partial charge in [0.15, 0.2) is 5.82 Å². The Morgan fingerprint density at radius 3 is 2.95 bits per heavy atom. The molecule has 7 heteroatoms. The van der Waals surface area contributed by atoms with Gasteiger partial charge in [-0.2, -0.15) is 5.10 Å². The number of aromatic nitrogens is 3. The van der Waals surface area contributed by atoms with Crippen molar-refractivity contribution in [3.05, 3.63) is 48.4 Å². The monoisotopic (exact) mass is 284 g/mol. The van der Waals surface area contributed by atoms with Crippen LogP contribution in [-0.4, -0.2) is 32.8 Å². The molecule has 0 saturated heterocycles. The molecule has 0 unspecified atom stereocenters. The first-order valence-corrected chi connectivity index (χ1v) is 6.16. The molecule has 1 aromatic carbocycles. The number of benzene rings is 1. The molecule has 21 heavy (non-hydrogen) atoms. The Labute approximate surface area is 119 Å². The molecule has 7 nitrogen and oxygen atoms in total. The van der Waals surface area contributed by atoms with E-state index in [0.29, 0.717) is 11.5 Å². The Bertz CT molecular complexity index is 813. The van der Waals surface area contributed by atoms with E-state index in [0.717, 1.165) is 5.52 Å². The van der Waals surface area contributed by atoms with Crippen LogP contribution in [0.15, 0.2) is 42.9 Å². The number of fused-ring (bicyclic) bond motifs is 1. The van der Waals surface area contributed by atoms with Gasteiger partial charge in [0, 0.05) is 24.1 Å². The molecular formula is C14H12N4O3. The fourth-order valence-corrected chi connectivity index (χ4v) is 2.04. The van der Waals surface area contributed by atoms with Gasteiger partial charge in [0.05, 0.1) is 13.3 Å². The maximum atomic E-state index is 11.1. The normalized spacial score (nSPS) is 10.5. The lowest BCUT2D eigenvalue weighted by Crippen LogP contribution is -2.02. The van der Waals surface area contributed by atoms with Crippen molar-refractivity contribution in [3.8, 4) is 5.75 Å². The summed E-state index contributed by atoms with van der Waals surface area (Å²) < 4.78 is 6.79. The van der Waals surface area contributed by atoms with Crippen LogP contribution in [0.2, 0.25) is 0 Å². The number of rotatable bonds is 4. The number of anilines is 2. The van der Waals surface area contributed by atoms with Crippen LogP contribution < -0.4 is 10.1 Å². The van der Waals surface area contributed by atoms with E-state index in [-0.39, 0.29) is 11.3 Å². The summed E-state index contributed by atoms with van der Waals surface area (Å²) in [7, 11) is 1.43. The number of carboxylic acid groups (broad SMARTS) is 1. The lowest BCUT2D eigenvalue weighted by Gasteiger charge is -2.10. The maximum Gasteiger partial charge on any atom is 0.339 e. The van der Waals surface area contributed by atoms with Gasteiger partial charge in [-0.3, -0.25) is 0 Å². The summed E-state index contributed by atoms with van der Waals surface area (Å²) in [6, 6.07) is 6.59. The first-order valence-electron chi connectivity index (χ1n) is 6.16. The van der Waals surface area contributed by atoms with Gasteiger partial charge in [0.25, 0.3) is 0 Å². The second kappa shape index (κ2) is 5.12. The van der Waals surface area contributed by atoms with Crippen molar-refractivity contribution >= 4 is 23.0 Å². The predicted molar refractivity (Wildman–Crippen MR) is 76.2 cm³/mol. The Morgan fingerprint density at radius 1 is 1.33 bits per heavy atom. The van der Waals surface area contributed by atoms with Gasteiger partial charge in [0.2, 0.25) is 0 Å². The third kappa shape index (κ3) is 2.36. The van der Waals surface area contributed by atoms with Crippen LogP contribution in [0.1, 0.15) is 10.4 Å². The number of carbonyl (C=O) groups is 1. The van der Waals surface area contributed by atoms with E-state index >= 15 is 0 Å². The van der Waals surface area contributed by atoms with E-state index in [1.807, 2.05) is 6.07 Å². The molecule has 0 bridgehead atoms. The van der Waals surface area contributed by atoms with E-state index in [2.05, 4.69) is 15.4 Å². The number of hydrogen-bond donors (Lipinski definition) is 2. The van der Waals surface area contributed by atoms with Crippen LogP contribution in [-0.2, 0) is 0 Å². The predicted octanol–water partition coefficient (Wildman–Crippen LogP) is 2.18. The zero-order chi connectivity index (χ0) is 14.8. The van der Waals surface area contributed by atoms with Crippen molar-refractivity contribution in [1.82, 2.24) is 14.6 Å². The molecule has 3 aromatic rings. The number of ether oxygens (including phenoxy) is 1. The smallest absolute Gasteiger partial charge is 0.339 e. The third-order valence-electron chi connectivity index (χ3n) is 3.02. The molecule has 0 fully saturated rings. The van der Waals surface area contributed by atoms with Crippen LogP contribution in [0.4, 0.5) is 11.5 Å². The molecule has 106 valence electrons. The number of aromatic carboxylic acids is 1. The molecule has 2 heterocycles. The first kappa shape index (κ1) is 12.9. The van der Waals surface area contributed by atoms with Gasteiger partial charge in [-0.15, -0.1) is 0 Å². The maximum absolute atomic E-state index is 11.1. The van der Waals surface area contributed by atoms with E-state index in [1.54, 1.807) is 35.2 Å². The first-order chi connectivity index (χ1) is 10.2. The highest BCUT2D eigenvalue weighted by Crippen LogP contribution is 2.26. The molecular weight excluding hydrogens is 272 g/mol. The minimum Gasteiger partial charge on any atom is -0.496 e. The summed E-state index contributed by atoms with van der Waals surface area (Å²) in [5, 5.41) is 16.3. The number of carboxylic acids is 1. The Morgan fingerprint density at radius 2 is 2.19 bits per heavy atom. The van der Waals surface area contributed by atoms with Crippen LogP contribution in [0.5, 0.6) is 5.75 Å². The number of methoxy groups -OCH3 is 1. The SMILES string of the molecule is COc1cc(Nc2nccn3nccc23)ccc1C(=O)O. The topological polar surface area (TPSA) is 88.8 Å². The summed E-state index contributed by atoms with van der Waals surface area (Å²) >= 11 is 0. The van der Waals surface area contributed by atoms with Gasteiger partial charge in [-0.1, -0.05) is 0 Å². The quantitative estimate of drug-likeness (QED) is 0.763. The second-order valence-corrected chi connectivity index (χ2v) is 4.28. The molecule has 0 atom stereocenters. The molecule has 2 aromatic heterocycles. The Hall–Kier alpha value is -3.09. The van der Waals surface area contributed by atoms with E-state index in [4.69, 9.17) is 9.84 Å². The number of hydrogen-bond acceptors (Lipinski definition) is 5.